The molecule has 0 aliphatic carbocycles. The Morgan fingerprint density at radius 2 is 1.89 bits per heavy atom. The van der Waals surface area contributed by atoms with Crippen molar-refractivity contribution in [2.75, 3.05) is 25.6 Å². The Bertz CT molecular complexity index is 851. The predicted molar refractivity (Wildman–Crippen MR) is 96.2 cm³/mol. The van der Waals surface area contributed by atoms with Gasteiger partial charge in [0.2, 0.25) is 0 Å². The molecule has 0 atom stereocenters. The van der Waals surface area contributed by atoms with Crippen molar-refractivity contribution >= 4 is 23.3 Å². The third-order valence-electron chi connectivity index (χ3n) is 3.41. The van der Waals surface area contributed by atoms with Gasteiger partial charge in [-0.05, 0) is 25.1 Å². The average Bonchev–Trinajstić information content (AvgIpc) is 2.66. The molecule has 0 spiro atoms. The first-order chi connectivity index (χ1) is 13.0. The highest BCUT2D eigenvalue weighted by Gasteiger charge is 2.17. The van der Waals surface area contributed by atoms with Crippen molar-refractivity contribution < 1.29 is 28.7 Å². The summed E-state index contributed by atoms with van der Waals surface area (Å²) in [7, 11) is 1.36. The molecule has 0 saturated carbocycles. The van der Waals surface area contributed by atoms with Crippen molar-refractivity contribution in [3.8, 4) is 11.5 Å². The summed E-state index contributed by atoms with van der Waals surface area (Å²) >= 11 is 0. The van der Waals surface area contributed by atoms with E-state index in [1.165, 1.54) is 25.3 Å². The van der Waals surface area contributed by atoms with Crippen molar-refractivity contribution in [3.63, 3.8) is 0 Å². The van der Waals surface area contributed by atoms with Gasteiger partial charge in [-0.1, -0.05) is 12.1 Å². The lowest BCUT2D eigenvalue weighted by atomic mass is 10.2. The zero-order valence-corrected chi connectivity index (χ0v) is 14.8. The van der Waals surface area contributed by atoms with Gasteiger partial charge in [0.15, 0.2) is 6.61 Å². The predicted octanol–water partition coefficient (Wildman–Crippen LogP) is 2.80. The van der Waals surface area contributed by atoms with E-state index in [1.54, 1.807) is 25.1 Å². The van der Waals surface area contributed by atoms with Gasteiger partial charge in [-0.25, -0.2) is 4.79 Å². The van der Waals surface area contributed by atoms with Crippen molar-refractivity contribution in [2.24, 2.45) is 0 Å². The van der Waals surface area contributed by atoms with Crippen LogP contribution in [0.1, 0.15) is 17.3 Å². The number of amides is 1. The number of carbonyl (C=O) groups is 2. The number of methoxy groups -OCH3 is 1. The van der Waals surface area contributed by atoms with Crippen LogP contribution in [0.2, 0.25) is 0 Å². The summed E-state index contributed by atoms with van der Waals surface area (Å²) in [6, 6.07) is 10.3. The molecular weight excluding hydrogens is 356 g/mol. The molecule has 142 valence electrons. The van der Waals surface area contributed by atoms with E-state index in [0.29, 0.717) is 12.4 Å². The Morgan fingerprint density at radius 3 is 2.56 bits per heavy atom. The number of anilines is 1. The fourth-order valence-corrected chi connectivity index (χ4v) is 2.22. The standard InChI is InChI=1S/C18H18N2O7/c1-3-26-15-7-5-4-6-13(15)18(22)27-11-17(21)19-14-10-12(20(23)24)8-9-16(14)25-2/h4-10H,3,11H2,1-2H3,(H,19,21). The summed E-state index contributed by atoms with van der Waals surface area (Å²) in [6.45, 7) is 1.57. The maximum atomic E-state index is 12.2. The molecule has 2 aromatic carbocycles. The largest absolute Gasteiger partial charge is 0.495 e. The second-order valence-electron chi connectivity index (χ2n) is 5.20. The minimum absolute atomic E-state index is 0.0995. The molecule has 9 nitrogen and oxygen atoms in total. The van der Waals surface area contributed by atoms with E-state index in [4.69, 9.17) is 14.2 Å². The molecule has 9 heteroatoms. The first-order valence-electron chi connectivity index (χ1n) is 7.97. The number of hydrogen-bond acceptors (Lipinski definition) is 7. The highest BCUT2D eigenvalue weighted by atomic mass is 16.6. The number of ether oxygens (including phenoxy) is 3. The number of carbonyl (C=O) groups excluding carboxylic acids is 2. The molecule has 0 aromatic heterocycles. The van der Waals surface area contributed by atoms with Gasteiger partial charge in [-0.2, -0.15) is 0 Å². The molecule has 0 bridgehead atoms. The normalized spacial score (nSPS) is 10.0. The number of nitro benzene ring substituents is 1. The monoisotopic (exact) mass is 374 g/mol. The Hall–Kier alpha value is -3.62. The molecule has 1 N–H and O–H groups in total. The zero-order valence-electron chi connectivity index (χ0n) is 14.8. The number of esters is 1. The fourth-order valence-electron chi connectivity index (χ4n) is 2.22. The number of non-ortho nitro benzene ring substituents is 1. The summed E-state index contributed by atoms with van der Waals surface area (Å²) in [4.78, 5) is 34.5. The van der Waals surface area contributed by atoms with Crippen LogP contribution in [0.3, 0.4) is 0 Å². The Balaban J connectivity index is 2.03. The van der Waals surface area contributed by atoms with E-state index in [-0.39, 0.29) is 22.7 Å². The van der Waals surface area contributed by atoms with Crippen LogP contribution >= 0.6 is 0 Å². The van der Waals surface area contributed by atoms with Gasteiger partial charge in [0.25, 0.3) is 11.6 Å². The Morgan fingerprint density at radius 1 is 1.15 bits per heavy atom. The van der Waals surface area contributed by atoms with Crippen LogP contribution in [0.5, 0.6) is 11.5 Å². The molecule has 2 aromatic rings. The molecule has 27 heavy (non-hydrogen) atoms. The van der Waals surface area contributed by atoms with Crippen LogP contribution in [0, 0.1) is 10.1 Å². The zero-order chi connectivity index (χ0) is 19.8. The summed E-state index contributed by atoms with van der Waals surface area (Å²) in [5.74, 6) is -0.802. The van der Waals surface area contributed by atoms with Crippen molar-refractivity contribution in [3.05, 3.63) is 58.1 Å². The highest BCUT2D eigenvalue weighted by Crippen LogP contribution is 2.28. The molecule has 0 aliphatic heterocycles. The Kier molecular flexibility index (Phi) is 6.70. The second-order valence-corrected chi connectivity index (χ2v) is 5.20. The van der Waals surface area contributed by atoms with E-state index in [0.717, 1.165) is 6.07 Å². The SMILES string of the molecule is CCOc1ccccc1C(=O)OCC(=O)Nc1cc([N+](=O)[O-])ccc1OC. The third-order valence-corrected chi connectivity index (χ3v) is 3.41. The summed E-state index contributed by atoms with van der Waals surface area (Å²) in [5.41, 5.74) is 0.0799. The lowest BCUT2D eigenvalue weighted by Crippen LogP contribution is -2.21. The minimum atomic E-state index is -0.722. The van der Waals surface area contributed by atoms with Crippen LogP contribution < -0.4 is 14.8 Å². The van der Waals surface area contributed by atoms with Gasteiger partial charge < -0.3 is 19.5 Å². The minimum Gasteiger partial charge on any atom is -0.495 e. The molecule has 0 fully saturated rings. The van der Waals surface area contributed by atoms with Gasteiger partial charge in [0, 0.05) is 12.1 Å². The summed E-state index contributed by atoms with van der Waals surface area (Å²) in [5, 5.41) is 13.3. The van der Waals surface area contributed by atoms with Gasteiger partial charge in [0.1, 0.15) is 17.1 Å². The van der Waals surface area contributed by atoms with Crippen LogP contribution in [0.15, 0.2) is 42.5 Å². The molecule has 0 unspecified atom stereocenters. The van der Waals surface area contributed by atoms with Crippen molar-refractivity contribution in [2.45, 2.75) is 6.92 Å². The molecule has 0 aliphatic rings. The quantitative estimate of drug-likeness (QED) is 0.429. The van der Waals surface area contributed by atoms with Gasteiger partial charge in [0.05, 0.1) is 24.3 Å². The molecule has 0 radical (unpaired) electrons. The van der Waals surface area contributed by atoms with Gasteiger partial charge >= 0.3 is 5.97 Å². The van der Waals surface area contributed by atoms with Crippen molar-refractivity contribution in [1.29, 1.82) is 0 Å². The number of benzene rings is 2. The van der Waals surface area contributed by atoms with E-state index < -0.39 is 23.4 Å². The topological polar surface area (TPSA) is 117 Å². The van der Waals surface area contributed by atoms with E-state index in [2.05, 4.69) is 5.32 Å². The van der Waals surface area contributed by atoms with E-state index in [9.17, 15) is 19.7 Å². The molecule has 0 heterocycles. The molecular formula is C18H18N2O7. The van der Waals surface area contributed by atoms with E-state index in [1.807, 2.05) is 0 Å². The van der Waals surface area contributed by atoms with Crippen LogP contribution in [0.25, 0.3) is 0 Å². The number of para-hydroxylation sites is 1. The summed E-state index contributed by atoms with van der Waals surface area (Å²) < 4.78 is 15.4. The second kappa shape index (κ2) is 9.18. The maximum Gasteiger partial charge on any atom is 0.342 e. The smallest absolute Gasteiger partial charge is 0.342 e. The summed E-state index contributed by atoms with van der Waals surface area (Å²) in [6.07, 6.45) is 0. The van der Waals surface area contributed by atoms with Crippen LogP contribution in [-0.2, 0) is 9.53 Å². The highest BCUT2D eigenvalue weighted by molar-refractivity contribution is 5.97. The van der Waals surface area contributed by atoms with Crippen LogP contribution in [0.4, 0.5) is 11.4 Å². The number of nitrogens with zero attached hydrogens (tertiary/aromatic N) is 1. The number of nitrogens with one attached hydrogen (secondary N) is 1. The first kappa shape index (κ1) is 19.7. The molecule has 0 saturated heterocycles. The number of hydrogen-bond donors (Lipinski definition) is 1. The fraction of sp³-hybridized carbons (Fsp3) is 0.222. The first-order valence-corrected chi connectivity index (χ1v) is 7.97. The van der Waals surface area contributed by atoms with Gasteiger partial charge in [-0.3, -0.25) is 14.9 Å². The Labute approximate surface area is 155 Å². The lowest BCUT2D eigenvalue weighted by molar-refractivity contribution is -0.384. The van der Waals surface area contributed by atoms with E-state index >= 15 is 0 Å². The number of rotatable bonds is 8. The molecule has 1 amide bonds. The average molecular weight is 374 g/mol. The third kappa shape index (κ3) is 5.18. The lowest BCUT2D eigenvalue weighted by Gasteiger charge is -2.11. The van der Waals surface area contributed by atoms with Gasteiger partial charge in [-0.15, -0.1) is 0 Å². The van der Waals surface area contributed by atoms with Crippen LogP contribution in [-0.4, -0.2) is 37.1 Å². The van der Waals surface area contributed by atoms with Crippen molar-refractivity contribution in [1.82, 2.24) is 0 Å². The maximum absolute atomic E-state index is 12.2. The molecule has 2 rings (SSSR count). The number of nitro groups is 1.